The van der Waals surface area contributed by atoms with Gasteiger partial charge >= 0.3 is 5.97 Å². The van der Waals surface area contributed by atoms with Crippen LogP contribution in [0.3, 0.4) is 0 Å². The number of hydrazone groups is 1. The van der Waals surface area contributed by atoms with Crippen molar-refractivity contribution in [2.45, 2.75) is 33.7 Å². The molecule has 1 aliphatic heterocycles. The molecule has 0 spiro atoms. The number of carbonyl (C=O) groups is 3. The van der Waals surface area contributed by atoms with Crippen LogP contribution in [-0.4, -0.2) is 56.7 Å². The Kier molecular flexibility index (Phi) is 10.6. The largest absolute Gasteiger partial charge is 0.490 e. The van der Waals surface area contributed by atoms with Gasteiger partial charge in [0.1, 0.15) is 6.04 Å². The summed E-state index contributed by atoms with van der Waals surface area (Å²) in [5, 5.41) is 6.81. The third-order valence-electron chi connectivity index (χ3n) is 5.23. The van der Waals surface area contributed by atoms with Gasteiger partial charge in [-0.25, -0.2) is 10.2 Å². The minimum atomic E-state index is -0.831. The van der Waals surface area contributed by atoms with Gasteiger partial charge in [0.15, 0.2) is 29.6 Å². The van der Waals surface area contributed by atoms with E-state index in [0.717, 1.165) is 0 Å². The van der Waals surface area contributed by atoms with E-state index in [2.05, 4.69) is 38.4 Å². The van der Waals surface area contributed by atoms with Gasteiger partial charge in [-0.1, -0.05) is 13.8 Å². The number of nitrogens with zero attached hydrogens (tertiary/aromatic N) is 1. The lowest BCUT2D eigenvalue weighted by molar-refractivity contribution is -0.145. The van der Waals surface area contributed by atoms with Gasteiger partial charge in [-0.15, -0.1) is 0 Å². The SMILES string of the molecule is CCOC(=O)COc1c(I)cc(C=NNC(=O)C(NC(=O)c2ccc3c(c2)OCO3)C(C)C)cc1OCC. The maximum atomic E-state index is 12.8. The van der Waals surface area contributed by atoms with E-state index >= 15 is 0 Å². The fraction of sp³-hybridized carbons (Fsp3) is 0.385. The average molecular weight is 639 g/mol. The third-order valence-corrected chi connectivity index (χ3v) is 6.03. The summed E-state index contributed by atoms with van der Waals surface area (Å²) in [6.07, 6.45) is 1.45. The number of hydrogen-bond donors (Lipinski definition) is 2. The summed E-state index contributed by atoms with van der Waals surface area (Å²) in [6, 6.07) is 7.44. The predicted octanol–water partition coefficient (Wildman–Crippen LogP) is 3.27. The van der Waals surface area contributed by atoms with Crippen LogP contribution in [0.5, 0.6) is 23.0 Å². The van der Waals surface area contributed by atoms with E-state index in [9.17, 15) is 14.4 Å². The lowest BCUT2D eigenvalue weighted by Gasteiger charge is -2.20. The minimum absolute atomic E-state index is 0.101. The molecule has 0 saturated heterocycles. The Balaban J connectivity index is 1.66. The molecular weight excluding hydrogens is 609 g/mol. The molecule has 2 aromatic carbocycles. The highest BCUT2D eigenvalue weighted by atomic mass is 127. The highest BCUT2D eigenvalue weighted by Crippen LogP contribution is 2.34. The molecule has 2 aromatic rings. The van der Waals surface area contributed by atoms with Crippen molar-refractivity contribution in [1.29, 1.82) is 0 Å². The molecule has 1 unspecified atom stereocenters. The van der Waals surface area contributed by atoms with Crippen molar-refractivity contribution in [3.05, 3.63) is 45.0 Å². The molecule has 0 aliphatic carbocycles. The number of esters is 1. The van der Waals surface area contributed by atoms with Crippen LogP contribution in [0, 0.1) is 9.49 Å². The van der Waals surface area contributed by atoms with Gasteiger partial charge in [-0.2, -0.15) is 5.10 Å². The van der Waals surface area contributed by atoms with Gasteiger partial charge in [0.2, 0.25) is 6.79 Å². The van der Waals surface area contributed by atoms with E-state index in [1.807, 2.05) is 20.8 Å². The van der Waals surface area contributed by atoms with Gasteiger partial charge in [0, 0.05) is 5.56 Å². The van der Waals surface area contributed by atoms with Gasteiger partial charge in [-0.3, -0.25) is 9.59 Å². The second kappa shape index (κ2) is 13.8. The Labute approximate surface area is 234 Å². The Morgan fingerprint density at radius 3 is 2.55 bits per heavy atom. The van der Waals surface area contributed by atoms with E-state index in [0.29, 0.717) is 44.3 Å². The Morgan fingerprint density at radius 1 is 1.08 bits per heavy atom. The van der Waals surface area contributed by atoms with Crippen LogP contribution in [0.4, 0.5) is 0 Å². The van der Waals surface area contributed by atoms with E-state index in [1.165, 1.54) is 6.21 Å². The van der Waals surface area contributed by atoms with E-state index < -0.39 is 23.8 Å². The van der Waals surface area contributed by atoms with Gasteiger partial charge in [0.25, 0.3) is 11.8 Å². The highest BCUT2D eigenvalue weighted by molar-refractivity contribution is 14.1. The monoisotopic (exact) mass is 639 g/mol. The Bertz CT molecular complexity index is 1200. The topological polar surface area (TPSA) is 134 Å². The summed E-state index contributed by atoms with van der Waals surface area (Å²) in [5.74, 6) is 0.296. The van der Waals surface area contributed by atoms with E-state index in [-0.39, 0.29) is 25.9 Å². The summed E-state index contributed by atoms with van der Waals surface area (Å²) >= 11 is 2.06. The fourth-order valence-corrected chi connectivity index (χ4v) is 4.22. The molecule has 3 rings (SSSR count). The summed E-state index contributed by atoms with van der Waals surface area (Å²) < 4.78 is 27.4. The number of amides is 2. The van der Waals surface area contributed by atoms with Crippen molar-refractivity contribution >= 4 is 46.6 Å². The van der Waals surface area contributed by atoms with Crippen LogP contribution in [-0.2, 0) is 14.3 Å². The van der Waals surface area contributed by atoms with Crippen molar-refractivity contribution < 1.29 is 38.1 Å². The summed E-state index contributed by atoms with van der Waals surface area (Å²) in [7, 11) is 0. The van der Waals surface area contributed by atoms with Crippen LogP contribution < -0.4 is 29.7 Å². The van der Waals surface area contributed by atoms with Crippen molar-refractivity contribution in [2.75, 3.05) is 26.6 Å². The minimum Gasteiger partial charge on any atom is -0.490 e. The molecular formula is C26H30IN3O8. The third kappa shape index (κ3) is 7.73. The van der Waals surface area contributed by atoms with Gasteiger partial charge < -0.3 is 29.0 Å². The van der Waals surface area contributed by atoms with Crippen molar-refractivity contribution in [2.24, 2.45) is 11.0 Å². The van der Waals surface area contributed by atoms with Crippen molar-refractivity contribution in [3.63, 3.8) is 0 Å². The molecule has 0 aromatic heterocycles. The van der Waals surface area contributed by atoms with Crippen LogP contribution in [0.1, 0.15) is 43.6 Å². The number of nitrogens with one attached hydrogen (secondary N) is 2. The molecule has 0 saturated carbocycles. The van der Waals surface area contributed by atoms with Crippen molar-refractivity contribution in [1.82, 2.24) is 10.7 Å². The quantitative estimate of drug-likeness (QED) is 0.157. The summed E-state index contributed by atoms with van der Waals surface area (Å²) in [6.45, 7) is 7.68. The normalized spacial score (nSPS) is 12.8. The molecule has 11 nitrogen and oxygen atoms in total. The first kappa shape index (κ1) is 29.0. The van der Waals surface area contributed by atoms with Crippen LogP contribution in [0.2, 0.25) is 0 Å². The molecule has 1 aliphatic rings. The number of benzene rings is 2. The first-order valence-corrected chi connectivity index (χ1v) is 13.1. The van der Waals surface area contributed by atoms with E-state index in [4.69, 9.17) is 23.7 Å². The van der Waals surface area contributed by atoms with Gasteiger partial charge in [-0.05, 0) is 78.3 Å². The smallest absolute Gasteiger partial charge is 0.344 e. The lowest BCUT2D eigenvalue weighted by Crippen LogP contribution is -2.48. The molecule has 38 heavy (non-hydrogen) atoms. The first-order valence-electron chi connectivity index (χ1n) is 12.0. The molecule has 12 heteroatoms. The molecule has 204 valence electrons. The second-order valence-electron chi connectivity index (χ2n) is 8.35. The lowest BCUT2D eigenvalue weighted by atomic mass is 10.0. The standard InChI is InChI=1S/C26H30IN3O8/c1-5-34-21-10-16(9-18(27)24(21)36-13-22(31)35-6-2)12-28-30-26(33)23(15(3)4)29-25(32)17-7-8-19-20(11-17)38-14-37-19/h7-12,15,23H,5-6,13-14H2,1-4H3,(H,29,32)(H,30,33). The van der Waals surface area contributed by atoms with Crippen LogP contribution >= 0.6 is 22.6 Å². The van der Waals surface area contributed by atoms with Crippen LogP contribution in [0.15, 0.2) is 35.4 Å². The van der Waals surface area contributed by atoms with Crippen LogP contribution in [0.25, 0.3) is 0 Å². The van der Waals surface area contributed by atoms with E-state index in [1.54, 1.807) is 37.3 Å². The molecule has 0 bridgehead atoms. The van der Waals surface area contributed by atoms with Crippen molar-refractivity contribution in [3.8, 4) is 23.0 Å². The molecule has 2 N–H and O–H groups in total. The molecule has 1 atom stereocenters. The zero-order chi connectivity index (χ0) is 27.7. The summed E-state index contributed by atoms with van der Waals surface area (Å²) in [5.41, 5.74) is 3.46. The summed E-state index contributed by atoms with van der Waals surface area (Å²) in [4.78, 5) is 37.3. The fourth-order valence-electron chi connectivity index (χ4n) is 3.44. The predicted molar refractivity (Wildman–Crippen MR) is 147 cm³/mol. The second-order valence-corrected chi connectivity index (χ2v) is 9.52. The number of fused-ring (bicyclic) bond motifs is 1. The zero-order valence-corrected chi connectivity index (χ0v) is 23.7. The van der Waals surface area contributed by atoms with Gasteiger partial charge in [0.05, 0.1) is 23.0 Å². The zero-order valence-electron chi connectivity index (χ0n) is 21.5. The average Bonchev–Trinajstić information content (AvgIpc) is 3.35. The Morgan fingerprint density at radius 2 is 1.84 bits per heavy atom. The maximum Gasteiger partial charge on any atom is 0.344 e. The first-order chi connectivity index (χ1) is 18.2. The molecule has 0 fully saturated rings. The number of hydrogen-bond acceptors (Lipinski definition) is 9. The highest BCUT2D eigenvalue weighted by Gasteiger charge is 2.25. The number of ether oxygens (including phenoxy) is 5. The number of halogens is 1. The Hall–Kier alpha value is -3.55. The number of carbonyl (C=O) groups excluding carboxylic acids is 3. The number of rotatable bonds is 12. The maximum absolute atomic E-state index is 12.8. The molecule has 1 heterocycles. The molecule has 2 amide bonds. The molecule has 0 radical (unpaired) electrons.